The molecule has 0 saturated carbocycles. The van der Waals surface area contributed by atoms with E-state index in [1.54, 1.807) is 24.3 Å². The van der Waals surface area contributed by atoms with Crippen molar-refractivity contribution in [2.45, 2.75) is 13.3 Å². The van der Waals surface area contributed by atoms with Crippen LogP contribution in [0.1, 0.15) is 23.7 Å². The van der Waals surface area contributed by atoms with Crippen LogP contribution in [0.2, 0.25) is 5.02 Å². The zero-order chi connectivity index (χ0) is 23.1. The van der Waals surface area contributed by atoms with E-state index >= 15 is 0 Å². The van der Waals surface area contributed by atoms with Gasteiger partial charge >= 0.3 is 0 Å². The molecule has 0 fully saturated rings. The van der Waals surface area contributed by atoms with Crippen LogP contribution in [0.5, 0.6) is 17.2 Å². The van der Waals surface area contributed by atoms with E-state index in [2.05, 4.69) is 10.6 Å². The van der Waals surface area contributed by atoms with Crippen molar-refractivity contribution < 1.29 is 23.8 Å². The van der Waals surface area contributed by atoms with E-state index in [1.807, 2.05) is 31.2 Å². The van der Waals surface area contributed by atoms with E-state index < -0.39 is 5.91 Å². The molecule has 3 aromatic rings. The summed E-state index contributed by atoms with van der Waals surface area (Å²) in [6, 6.07) is 14.2. The molecule has 7 nitrogen and oxygen atoms in total. The lowest BCUT2D eigenvalue weighted by Crippen LogP contribution is -2.29. The smallest absolute Gasteiger partial charge is 0.259 e. The maximum atomic E-state index is 13.2. The molecule has 3 aromatic carbocycles. The van der Waals surface area contributed by atoms with Crippen LogP contribution in [-0.4, -0.2) is 39.2 Å². The third kappa shape index (κ3) is 5.42. The molecule has 0 aliphatic rings. The number of rotatable bonds is 9. The van der Waals surface area contributed by atoms with Crippen molar-refractivity contribution in [2.75, 3.05) is 32.7 Å². The van der Waals surface area contributed by atoms with Gasteiger partial charge in [0.25, 0.3) is 11.8 Å². The Morgan fingerprint density at radius 3 is 2.28 bits per heavy atom. The molecule has 0 aliphatic carbocycles. The van der Waals surface area contributed by atoms with Gasteiger partial charge in [-0.25, -0.2) is 0 Å². The Hall–Kier alpha value is -3.45. The second-order valence-corrected chi connectivity index (χ2v) is 7.38. The second kappa shape index (κ2) is 10.7. The number of hydrogen-bond acceptors (Lipinski definition) is 5. The summed E-state index contributed by atoms with van der Waals surface area (Å²) in [7, 11) is 2.98. The fraction of sp³-hybridized carbons (Fsp3) is 0.250. The molecular formula is C24H25ClN2O5. The van der Waals surface area contributed by atoms with Gasteiger partial charge in [0.15, 0.2) is 6.61 Å². The fourth-order valence-corrected chi connectivity index (χ4v) is 3.36. The van der Waals surface area contributed by atoms with E-state index in [0.29, 0.717) is 34.5 Å². The van der Waals surface area contributed by atoms with Gasteiger partial charge in [0.1, 0.15) is 17.2 Å². The standard InChI is InChI=1S/C24H25ClN2O5/c1-4-9-26-23(28)14-32-20-11-16-8-6-5-7-15(16)10-17(20)24(29)27-19-12-18(25)21(30-2)13-22(19)31-3/h5-8,10-13H,4,9,14H2,1-3H3,(H,26,28)(H,27,29). The van der Waals surface area contributed by atoms with Crippen molar-refractivity contribution in [3.05, 3.63) is 59.1 Å². The maximum absolute atomic E-state index is 13.2. The summed E-state index contributed by atoms with van der Waals surface area (Å²) in [5.41, 5.74) is 0.657. The number of hydrogen-bond donors (Lipinski definition) is 2. The van der Waals surface area contributed by atoms with Crippen LogP contribution in [0.4, 0.5) is 5.69 Å². The van der Waals surface area contributed by atoms with Crippen LogP contribution in [-0.2, 0) is 4.79 Å². The number of halogens is 1. The molecule has 168 valence electrons. The third-order valence-corrected chi connectivity index (χ3v) is 5.04. The van der Waals surface area contributed by atoms with Gasteiger partial charge in [-0.3, -0.25) is 9.59 Å². The summed E-state index contributed by atoms with van der Waals surface area (Å²) >= 11 is 6.22. The number of nitrogens with one attached hydrogen (secondary N) is 2. The number of ether oxygens (including phenoxy) is 3. The number of carbonyl (C=O) groups excluding carboxylic acids is 2. The number of methoxy groups -OCH3 is 2. The molecule has 32 heavy (non-hydrogen) atoms. The molecule has 0 spiro atoms. The summed E-state index contributed by atoms with van der Waals surface area (Å²) in [4.78, 5) is 25.2. The molecule has 0 aliphatic heterocycles. The van der Waals surface area contributed by atoms with Gasteiger partial charge in [0, 0.05) is 12.6 Å². The van der Waals surface area contributed by atoms with E-state index in [-0.39, 0.29) is 18.1 Å². The average Bonchev–Trinajstić information content (AvgIpc) is 2.80. The maximum Gasteiger partial charge on any atom is 0.259 e. The minimum atomic E-state index is -0.431. The predicted molar refractivity (Wildman–Crippen MR) is 125 cm³/mol. The van der Waals surface area contributed by atoms with Gasteiger partial charge in [-0.05, 0) is 35.4 Å². The van der Waals surface area contributed by atoms with E-state index in [4.69, 9.17) is 25.8 Å². The highest BCUT2D eigenvalue weighted by Crippen LogP contribution is 2.36. The van der Waals surface area contributed by atoms with E-state index in [9.17, 15) is 9.59 Å². The first-order valence-corrected chi connectivity index (χ1v) is 10.5. The average molecular weight is 457 g/mol. The summed E-state index contributed by atoms with van der Waals surface area (Å²) < 4.78 is 16.3. The summed E-state index contributed by atoms with van der Waals surface area (Å²) in [6.07, 6.45) is 0.821. The second-order valence-electron chi connectivity index (χ2n) is 6.98. The van der Waals surface area contributed by atoms with Crippen LogP contribution >= 0.6 is 11.6 Å². The zero-order valence-corrected chi connectivity index (χ0v) is 18.9. The SMILES string of the molecule is CCCNC(=O)COc1cc2ccccc2cc1C(=O)Nc1cc(Cl)c(OC)cc1OC. The van der Waals surface area contributed by atoms with Crippen molar-refractivity contribution in [2.24, 2.45) is 0 Å². The Morgan fingerprint density at radius 1 is 0.938 bits per heavy atom. The summed E-state index contributed by atoms with van der Waals surface area (Å²) in [5.74, 6) is 0.428. The van der Waals surface area contributed by atoms with E-state index in [1.165, 1.54) is 14.2 Å². The molecule has 8 heteroatoms. The quantitative estimate of drug-likeness (QED) is 0.488. The Morgan fingerprint density at radius 2 is 1.62 bits per heavy atom. The molecule has 2 N–H and O–H groups in total. The summed E-state index contributed by atoms with van der Waals surface area (Å²) in [5, 5.41) is 7.64. The minimum absolute atomic E-state index is 0.198. The van der Waals surface area contributed by atoms with Crippen molar-refractivity contribution in [1.29, 1.82) is 0 Å². The highest BCUT2D eigenvalue weighted by molar-refractivity contribution is 6.32. The van der Waals surface area contributed by atoms with Gasteiger partial charge in [0.2, 0.25) is 0 Å². The van der Waals surface area contributed by atoms with Gasteiger partial charge < -0.3 is 24.8 Å². The molecule has 0 unspecified atom stereocenters. The fourth-order valence-electron chi connectivity index (χ4n) is 3.12. The molecule has 0 heterocycles. The normalized spacial score (nSPS) is 10.5. The molecular weight excluding hydrogens is 432 g/mol. The Balaban J connectivity index is 1.93. The van der Waals surface area contributed by atoms with Crippen LogP contribution in [0.25, 0.3) is 10.8 Å². The lowest BCUT2D eigenvalue weighted by Gasteiger charge is -2.16. The summed E-state index contributed by atoms with van der Waals surface area (Å²) in [6.45, 7) is 2.33. The first-order chi connectivity index (χ1) is 15.5. The first kappa shape index (κ1) is 23.2. The van der Waals surface area contributed by atoms with Gasteiger partial charge in [-0.2, -0.15) is 0 Å². The van der Waals surface area contributed by atoms with Crippen LogP contribution in [0, 0.1) is 0 Å². The minimum Gasteiger partial charge on any atom is -0.495 e. The van der Waals surface area contributed by atoms with E-state index in [0.717, 1.165) is 17.2 Å². The Kier molecular flexibility index (Phi) is 7.78. The number of benzene rings is 3. The van der Waals surface area contributed by atoms with Gasteiger partial charge in [-0.15, -0.1) is 0 Å². The third-order valence-electron chi connectivity index (χ3n) is 4.75. The molecule has 0 radical (unpaired) electrons. The Labute approximate surface area is 191 Å². The van der Waals surface area contributed by atoms with Gasteiger partial charge in [0.05, 0.1) is 30.5 Å². The van der Waals surface area contributed by atoms with Crippen molar-refractivity contribution in [3.63, 3.8) is 0 Å². The zero-order valence-electron chi connectivity index (χ0n) is 18.2. The number of anilines is 1. The van der Waals surface area contributed by atoms with Gasteiger partial charge in [-0.1, -0.05) is 42.8 Å². The predicted octanol–water partition coefficient (Wildman–Crippen LogP) is 4.67. The van der Waals surface area contributed by atoms with Crippen LogP contribution < -0.4 is 24.8 Å². The molecule has 0 saturated heterocycles. The monoisotopic (exact) mass is 456 g/mol. The lowest BCUT2D eigenvalue weighted by molar-refractivity contribution is -0.123. The highest BCUT2D eigenvalue weighted by atomic mass is 35.5. The lowest BCUT2D eigenvalue weighted by atomic mass is 10.0. The highest BCUT2D eigenvalue weighted by Gasteiger charge is 2.18. The van der Waals surface area contributed by atoms with Crippen molar-refractivity contribution in [3.8, 4) is 17.2 Å². The Bertz CT molecular complexity index is 1130. The molecule has 0 aromatic heterocycles. The van der Waals surface area contributed by atoms with Crippen molar-refractivity contribution in [1.82, 2.24) is 5.32 Å². The van der Waals surface area contributed by atoms with Crippen LogP contribution in [0.15, 0.2) is 48.5 Å². The topological polar surface area (TPSA) is 85.9 Å². The number of carbonyl (C=O) groups is 2. The largest absolute Gasteiger partial charge is 0.495 e. The molecule has 0 atom stereocenters. The molecule has 2 amide bonds. The van der Waals surface area contributed by atoms with Crippen molar-refractivity contribution >= 4 is 39.9 Å². The van der Waals surface area contributed by atoms with Crippen LogP contribution in [0.3, 0.4) is 0 Å². The first-order valence-electron chi connectivity index (χ1n) is 10.1. The number of fused-ring (bicyclic) bond motifs is 1. The molecule has 0 bridgehead atoms. The molecule has 3 rings (SSSR count). The number of amides is 2.